The number of sulfonamides is 1. The van der Waals surface area contributed by atoms with Gasteiger partial charge in [-0.05, 0) is 26.9 Å². The molecule has 0 aliphatic carbocycles. The fourth-order valence-electron chi connectivity index (χ4n) is 2.74. The molecular weight excluding hydrogens is 296 g/mol. The van der Waals surface area contributed by atoms with E-state index in [1.165, 1.54) is 11.2 Å². The minimum absolute atomic E-state index is 0.0634. The van der Waals surface area contributed by atoms with Crippen LogP contribution in [0, 0.1) is 12.8 Å². The number of hydrogen-bond acceptors (Lipinski definition) is 5. The maximum atomic E-state index is 12.7. The lowest BCUT2D eigenvalue weighted by atomic mass is 10.1. The molecule has 1 aromatic rings. The highest BCUT2D eigenvalue weighted by Gasteiger charge is 2.39. The summed E-state index contributed by atoms with van der Waals surface area (Å²) in [7, 11) is 0.107. The van der Waals surface area contributed by atoms with E-state index >= 15 is 0 Å². The summed E-state index contributed by atoms with van der Waals surface area (Å²) in [6.45, 7) is 4.27. The second kappa shape index (κ2) is 5.43. The fraction of sp³-hybridized carbons (Fsp3) is 0.615. The van der Waals surface area contributed by atoms with E-state index in [4.69, 9.17) is 9.52 Å². The van der Waals surface area contributed by atoms with Crippen LogP contribution in [0.5, 0.6) is 0 Å². The number of aromatic carboxylic acids is 1. The van der Waals surface area contributed by atoms with Crippen molar-refractivity contribution in [2.75, 3.05) is 27.2 Å². The third-order valence-corrected chi connectivity index (χ3v) is 5.84. The van der Waals surface area contributed by atoms with Gasteiger partial charge in [-0.25, -0.2) is 13.2 Å². The standard InChI is InChI=1S/C13H20N2O5S/c1-8-6-15(7-10(8)14(3)4)21(18,19)12-5-11(13(16)17)20-9(12)2/h5,8,10H,6-7H2,1-4H3,(H,16,17). The Hall–Kier alpha value is -1.38. The van der Waals surface area contributed by atoms with Crippen LogP contribution >= 0.6 is 0 Å². The topological polar surface area (TPSA) is 91.1 Å². The van der Waals surface area contributed by atoms with Gasteiger partial charge < -0.3 is 14.4 Å². The van der Waals surface area contributed by atoms with E-state index in [2.05, 4.69) is 0 Å². The van der Waals surface area contributed by atoms with Crippen LogP contribution in [0.3, 0.4) is 0 Å². The lowest BCUT2D eigenvalue weighted by molar-refractivity contribution is 0.0661. The van der Waals surface area contributed by atoms with Gasteiger partial charge in [0, 0.05) is 25.2 Å². The average Bonchev–Trinajstić information content (AvgIpc) is 2.93. The second-order valence-corrected chi connectivity index (χ2v) is 7.57. The average molecular weight is 316 g/mol. The summed E-state index contributed by atoms with van der Waals surface area (Å²) >= 11 is 0. The van der Waals surface area contributed by atoms with Gasteiger partial charge in [0.15, 0.2) is 0 Å². The molecule has 2 unspecified atom stereocenters. The third kappa shape index (κ3) is 2.83. The van der Waals surface area contributed by atoms with Crippen molar-refractivity contribution in [2.45, 2.75) is 24.8 Å². The number of likely N-dealkylation sites (N-methyl/N-ethyl adjacent to an activating group) is 1. The Morgan fingerprint density at radius 3 is 2.48 bits per heavy atom. The van der Waals surface area contributed by atoms with E-state index in [9.17, 15) is 13.2 Å². The predicted molar refractivity (Wildman–Crippen MR) is 75.8 cm³/mol. The molecule has 7 nitrogen and oxygen atoms in total. The van der Waals surface area contributed by atoms with E-state index in [1.807, 2.05) is 25.9 Å². The zero-order valence-electron chi connectivity index (χ0n) is 12.5. The molecule has 0 radical (unpaired) electrons. The van der Waals surface area contributed by atoms with E-state index in [0.717, 1.165) is 6.07 Å². The first-order valence-corrected chi connectivity index (χ1v) is 8.09. The van der Waals surface area contributed by atoms with Crippen LogP contribution in [0.15, 0.2) is 15.4 Å². The zero-order valence-corrected chi connectivity index (χ0v) is 13.3. The van der Waals surface area contributed by atoms with Crippen molar-refractivity contribution in [3.8, 4) is 0 Å². The van der Waals surface area contributed by atoms with Crippen molar-refractivity contribution in [3.05, 3.63) is 17.6 Å². The molecule has 1 saturated heterocycles. The SMILES string of the molecule is Cc1oc(C(=O)O)cc1S(=O)(=O)N1CC(C)C(N(C)C)C1. The van der Waals surface area contributed by atoms with Gasteiger partial charge in [-0.2, -0.15) is 4.31 Å². The summed E-state index contributed by atoms with van der Waals surface area (Å²) in [5.41, 5.74) is 0. The number of nitrogens with zero attached hydrogens (tertiary/aromatic N) is 2. The normalized spacial score (nSPS) is 23.9. The molecule has 0 bridgehead atoms. The van der Waals surface area contributed by atoms with E-state index in [1.54, 1.807) is 0 Å². The summed E-state index contributed by atoms with van der Waals surface area (Å²) < 4.78 is 31.7. The van der Waals surface area contributed by atoms with Gasteiger partial charge in [0.1, 0.15) is 10.7 Å². The first kappa shape index (κ1) is 16.0. The molecule has 118 valence electrons. The minimum atomic E-state index is -3.73. The quantitative estimate of drug-likeness (QED) is 0.886. The number of carbonyl (C=O) groups is 1. The highest BCUT2D eigenvalue weighted by atomic mass is 32.2. The number of carboxylic acid groups (broad SMARTS) is 1. The first-order valence-electron chi connectivity index (χ1n) is 6.65. The van der Waals surface area contributed by atoms with Crippen molar-refractivity contribution in [1.82, 2.24) is 9.21 Å². The minimum Gasteiger partial charge on any atom is -0.475 e. The summed E-state index contributed by atoms with van der Waals surface area (Å²) in [6.07, 6.45) is 0. The maximum absolute atomic E-state index is 12.7. The molecule has 1 aliphatic heterocycles. The highest BCUT2D eigenvalue weighted by molar-refractivity contribution is 7.89. The Morgan fingerprint density at radius 2 is 2.05 bits per heavy atom. The van der Waals surface area contributed by atoms with Crippen LogP contribution in [0.1, 0.15) is 23.2 Å². The molecule has 0 spiro atoms. The lowest BCUT2D eigenvalue weighted by Crippen LogP contribution is -2.35. The number of aryl methyl sites for hydroxylation is 1. The smallest absolute Gasteiger partial charge is 0.371 e. The second-order valence-electron chi connectivity index (χ2n) is 5.67. The van der Waals surface area contributed by atoms with Crippen LogP contribution in [-0.2, 0) is 10.0 Å². The molecular formula is C13H20N2O5S. The van der Waals surface area contributed by atoms with Crippen molar-refractivity contribution in [3.63, 3.8) is 0 Å². The molecule has 1 fully saturated rings. The number of rotatable bonds is 4. The summed E-state index contributed by atoms with van der Waals surface area (Å²) in [5.74, 6) is -1.32. The van der Waals surface area contributed by atoms with Gasteiger partial charge in [0.2, 0.25) is 15.8 Å². The molecule has 21 heavy (non-hydrogen) atoms. The Balaban J connectivity index is 2.33. The summed E-state index contributed by atoms with van der Waals surface area (Å²) in [4.78, 5) is 12.8. The molecule has 0 aromatic carbocycles. The van der Waals surface area contributed by atoms with Crippen molar-refractivity contribution in [1.29, 1.82) is 0 Å². The van der Waals surface area contributed by atoms with Gasteiger partial charge in [-0.1, -0.05) is 6.92 Å². The van der Waals surface area contributed by atoms with Gasteiger partial charge in [0.25, 0.3) is 0 Å². The third-order valence-electron chi connectivity index (χ3n) is 3.90. The molecule has 0 saturated carbocycles. The Bertz CT molecular complexity index is 650. The van der Waals surface area contributed by atoms with Crippen LogP contribution in [0.4, 0.5) is 0 Å². The Morgan fingerprint density at radius 1 is 1.43 bits per heavy atom. The maximum Gasteiger partial charge on any atom is 0.371 e. The summed E-state index contributed by atoms with van der Waals surface area (Å²) in [5, 5.41) is 8.90. The highest BCUT2D eigenvalue weighted by Crippen LogP contribution is 2.29. The fourth-order valence-corrected chi connectivity index (χ4v) is 4.46. The van der Waals surface area contributed by atoms with Gasteiger partial charge in [-0.3, -0.25) is 0 Å². The first-order chi connectivity index (χ1) is 9.64. The molecule has 1 aliphatic rings. The van der Waals surface area contributed by atoms with E-state index < -0.39 is 16.0 Å². The molecule has 2 rings (SSSR count). The summed E-state index contributed by atoms with van der Waals surface area (Å²) in [6, 6.07) is 1.23. The number of furan rings is 1. The molecule has 0 amide bonds. The lowest BCUT2D eigenvalue weighted by Gasteiger charge is -2.22. The van der Waals surface area contributed by atoms with Crippen LogP contribution < -0.4 is 0 Å². The predicted octanol–water partition coefficient (Wildman–Crippen LogP) is 0.857. The zero-order chi connectivity index (χ0) is 15.9. The Kier molecular flexibility index (Phi) is 4.14. The molecule has 2 heterocycles. The molecule has 8 heteroatoms. The number of carboxylic acids is 1. The Labute approximate surface area is 124 Å². The van der Waals surface area contributed by atoms with Crippen molar-refractivity contribution < 1.29 is 22.7 Å². The molecule has 1 aromatic heterocycles. The largest absolute Gasteiger partial charge is 0.475 e. The molecule has 1 N–H and O–H groups in total. The monoisotopic (exact) mass is 316 g/mol. The van der Waals surface area contributed by atoms with Gasteiger partial charge in [-0.15, -0.1) is 0 Å². The van der Waals surface area contributed by atoms with E-state index in [0.29, 0.717) is 13.1 Å². The molecule has 2 atom stereocenters. The van der Waals surface area contributed by atoms with Crippen molar-refractivity contribution >= 4 is 16.0 Å². The van der Waals surface area contributed by atoms with Gasteiger partial charge in [0.05, 0.1) is 0 Å². The van der Waals surface area contributed by atoms with Crippen LogP contribution in [0.25, 0.3) is 0 Å². The van der Waals surface area contributed by atoms with E-state index in [-0.39, 0.29) is 28.4 Å². The van der Waals surface area contributed by atoms with Crippen molar-refractivity contribution in [2.24, 2.45) is 5.92 Å². The van der Waals surface area contributed by atoms with Crippen LogP contribution in [-0.4, -0.2) is 61.9 Å². The number of hydrogen-bond donors (Lipinski definition) is 1. The van der Waals surface area contributed by atoms with Gasteiger partial charge >= 0.3 is 5.97 Å². The van der Waals surface area contributed by atoms with Crippen LogP contribution in [0.2, 0.25) is 0 Å².